The second kappa shape index (κ2) is 6.95. The molecule has 1 unspecified atom stereocenters. The molecule has 0 radical (unpaired) electrons. The minimum Gasteiger partial charge on any atom is -0.344 e. The van der Waals surface area contributed by atoms with Crippen LogP contribution in [0.2, 0.25) is 0 Å². The van der Waals surface area contributed by atoms with E-state index in [-0.39, 0.29) is 19.4 Å². The van der Waals surface area contributed by atoms with Gasteiger partial charge in [-0.1, -0.05) is 12.1 Å². The Morgan fingerprint density at radius 3 is 2.40 bits per heavy atom. The van der Waals surface area contributed by atoms with Gasteiger partial charge in [-0.25, -0.2) is 9.45 Å². The van der Waals surface area contributed by atoms with Crippen LogP contribution in [-0.2, 0) is 15.9 Å². The van der Waals surface area contributed by atoms with Crippen molar-refractivity contribution in [2.75, 3.05) is 26.5 Å². The Bertz CT molecular complexity index is 503. The maximum Gasteiger partial charge on any atom is 0.260 e. The Morgan fingerprint density at radius 1 is 1.35 bits per heavy atom. The number of carbonyl (C=O) groups excluding carboxylic acids is 1. The summed E-state index contributed by atoms with van der Waals surface area (Å²) < 4.78 is 23.9. The van der Waals surface area contributed by atoms with E-state index in [1.54, 1.807) is 0 Å². The molecule has 1 atom stereocenters. The van der Waals surface area contributed by atoms with E-state index in [1.165, 1.54) is 42.9 Å². The number of halogens is 1. The van der Waals surface area contributed by atoms with Gasteiger partial charge in [-0.2, -0.15) is 0 Å². The lowest BCUT2D eigenvalue weighted by Gasteiger charge is -2.21. The highest BCUT2D eigenvalue weighted by molar-refractivity contribution is 7.57. The van der Waals surface area contributed by atoms with Crippen molar-refractivity contribution in [3.63, 3.8) is 0 Å². The van der Waals surface area contributed by atoms with Gasteiger partial charge in [0.05, 0.1) is 19.4 Å². The molecule has 0 bridgehead atoms. The van der Waals surface area contributed by atoms with E-state index in [0.29, 0.717) is 10.6 Å². The standard InChI is InChI=1S/C12H18FN2O4P/c1-14(9-20(2,18)19)8-12(16)15(17)7-10-3-5-11(13)6-4-10/h3-6,17H,7-9H2,1-2H3,(H,18,19). The van der Waals surface area contributed by atoms with E-state index in [1.807, 2.05) is 0 Å². The van der Waals surface area contributed by atoms with E-state index < -0.39 is 19.1 Å². The summed E-state index contributed by atoms with van der Waals surface area (Å²) >= 11 is 0. The zero-order valence-corrected chi connectivity index (χ0v) is 12.3. The zero-order chi connectivity index (χ0) is 15.3. The predicted octanol–water partition coefficient (Wildman–Crippen LogP) is 1.33. The van der Waals surface area contributed by atoms with Crippen LogP contribution in [0.3, 0.4) is 0 Å². The van der Waals surface area contributed by atoms with E-state index in [9.17, 15) is 23.9 Å². The first-order valence-corrected chi connectivity index (χ1v) is 8.18. The van der Waals surface area contributed by atoms with E-state index >= 15 is 0 Å². The molecule has 112 valence electrons. The summed E-state index contributed by atoms with van der Waals surface area (Å²) in [5.74, 6) is -1.00. The second-order valence-electron chi connectivity index (χ2n) is 4.78. The maximum absolute atomic E-state index is 12.7. The van der Waals surface area contributed by atoms with Crippen molar-refractivity contribution >= 4 is 13.3 Å². The summed E-state index contributed by atoms with van der Waals surface area (Å²) in [5, 5.41) is 10.1. The van der Waals surface area contributed by atoms with Crippen LogP contribution in [-0.4, -0.2) is 52.5 Å². The molecule has 0 fully saturated rings. The molecule has 0 aliphatic carbocycles. The summed E-state index contributed by atoms with van der Waals surface area (Å²) in [6, 6.07) is 5.39. The number of hydrogen-bond acceptors (Lipinski definition) is 4. The normalized spacial score (nSPS) is 14.1. The Labute approximate surface area is 116 Å². The summed E-state index contributed by atoms with van der Waals surface area (Å²) in [7, 11) is -1.74. The Kier molecular flexibility index (Phi) is 5.83. The average molecular weight is 304 g/mol. The van der Waals surface area contributed by atoms with Crippen molar-refractivity contribution in [1.29, 1.82) is 0 Å². The molecule has 2 N–H and O–H groups in total. The van der Waals surface area contributed by atoms with Gasteiger partial charge in [0.15, 0.2) is 0 Å². The van der Waals surface area contributed by atoms with Gasteiger partial charge in [-0.3, -0.25) is 19.5 Å². The molecule has 0 saturated heterocycles. The molecule has 0 aromatic heterocycles. The largest absolute Gasteiger partial charge is 0.344 e. The monoisotopic (exact) mass is 304 g/mol. The van der Waals surface area contributed by atoms with Crippen molar-refractivity contribution in [3.05, 3.63) is 35.6 Å². The minimum absolute atomic E-state index is 0.0735. The van der Waals surface area contributed by atoms with Crippen LogP contribution in [0.1, 0.15) is 5.56 Å². The van der Waals surface area contributed by atoms with E-state index in [4.69, 9.17) is 0 Å². The number of carbonyl (C=O) groups is 1. The van der Waals surface area contributed by atoms with Crippen LogP contribution in [0.4, 0.5) is 4.39 Å². The van der Waals surface area contributed by atoms with Gasteiger partial charge in [0, 0.05) is 6.66 Å². The number of hydrogen-bond donors (Lipinski definition) is 2. The summed E-state index contributed by atoms with van der Waals surface area (Å²) in [6.45, 7) is 0.940. The van der Waals surface area contributed by atoms with Crippen molar-refractivity contribution < 1.29 is 23.9 Å². The van der Waals surface area contributed by atoms with Gasteiger partial charge in [0.25, 0.3) is 5.91 Å². The molecule has 0 aliphatic heterocycles. The first kappa shape index (κ1) is 16.8. The summed E-state index contributed by atoms with van der Waals surface area (Å²) in [5.41, 5.74) is 0.577. The number of nitrogens with zero attached hydrogens (tertiary/aromatic N) is 2. The smallest absolute Gasteiger partial charge is 0.260 e. The Balaban J connectivity index is 2.50. The van der Waals surface area contributed by atoms with Crippen LogP contribution in [0.5, 0.6) is 0 Å². The lowest BCUT2D eigenvalue weighted by Crippen LogP contribution is -2.37. The molecule has 1 amide bonds. The maximum atomic E-state index is 12.7. The average Bonchev–Trinajstić information content (AvgIpc) is 2.29. The SMILES string of the molecule is CN(CC(=O)N(O)Cc1ccc(F)cc1)CP(C)(=O)O. The Hall–Kier alpha value is -1.27. The Morgan fingerprint density at radius 2 is 1.90 bits per heavy atom. The van der Waals surface area contributed by atoms with Gasteiger partial charge in [-0.15, -0.1) is 0 Å². The fourth-order valence-electron chi connectivity index (χ4n) is 1.66. The molecule has 1 aromatic rings. The van der Waals surface area contributed by atoms with Gasteiger partial charge in [-0.05, 0) is 24.7 Å². The molecule has 6 nitrogen and oxygen atoms in total. The highest BCUT2D eigenvalue weighted by Gasteiger charge is 2.18. The second-order valence-corrected chi connectivity index (χ2v) is 7.17. The van der Waals surface area contributed by atoms with Gasteiger partial charge in [0.1, 0.15) is 5.82 Å². The molecule has 0 heterocycles. The van der Waals surface area contributed by atoms with Crippen LogP contribution in [0, 0.1) is 5.82 Å². The van der Waals surface area contributed by atoms with Gasteiger partial charge < -0.3 is 4.89 Å². The number of hydroxylamine groups is 2. The number of rotatable bonds is 6. The lowest BCUT2D eigenvalue weighted by molar-refractivity contribution is -0.168. The van der Waals surface area contributed by atoms with Crippen LogP contribution >= 0.6 is 7.37 Å². The van der Waals surface area contributed by atoms with Crippen LogP contribution in [0.25, 0.3) is 0 Å². The van der Waals surface area contributed by atoms with Gasteiger partial charge >= 0.3 is 0 Å². The minimum atomic E-state index is -3.25. The third-order valence-electron chi connectivity index (χ3n) is 2.44. The molecule has 1 aromatic carbocycles. The predicted molar refractivity (Wildman–Crippen MR) is 72.0 cm³/mol. The molecule has 0 aliphatic rings. The fraction of sp³-hybridized carbons (Fsp3) is 0.417. The first-order chi connectivity index (χ1) is 9.17. The van der Waals surface area contributed by atoms with Crippen molar-refractivity contribution in [2.45, 2.75) is 6.54 Å². The van der Waals surface area contributed by atoms with Crippen LogP contribution in [0.15, 0.2) is 24.3 Å². The first-order valence-electron chi connectivity index (χ1n) is 5.89. The molecule has 8 heteroatoms. The van der Waals surface area contributed by atoms with E-state index in [2.05, 4.69) is 0 Å². The molecule has 0 spiro atoms. The molecule has 0 saturated carbocycles. The van der Waals surface area contributed by atoms with Crippen molar-refractivity contribution in [2.24, 2.45) is 0 Å². The fourth-order valence-corrected chi connectivity index (χ4v) is 2.66. The zero-order valence-electron chi connectivity index (χ0n) is 11.4. The third-order valence-corrected chi connectivity index (χ3v) is 3.45. The quantitative estimate of drug-likeness (QED) is 0.471. The lowest BCUT2D eigenvalue weighted by atomic mass is 10.2. The third kappa shape index (κ3) is 6.25. The van der Waals surface area contributed by atoms with E-state index in [0.717, 1.165) is 0 Å². The molecular weight excluding hydrogens is 286 g/mol. The highest BCUT2D eigenvalue weighted by Crippen LogP contribution is 2.35. The van der Waals surface area contributed by atoms with Crippen LogP contribution < -0.4 is 0 Å². The molecule has 1 rings (SSSR count). The van der Waals surface area contributed by atoms with Crippen molar-refractivity contribution in [1.82, 2.24) is 9.96 Å². The molecule has 20 heavy (non-hydrogen) atoms. The van der Waals surface area contributed by atoms with Crippen molar-refractivity contribution in [3.8, 4) is 0 Å². The van der Waals surface area contributed by atoms with Gasteiger partial charge in [0.2, 0.25) is 7.37 Å². The summed E-state index contributed by atoms with van der Waals surface area (Å²) in [6.07, 6.45) is -0.136. The number of amides is 1. The summed E-state index contributed by atoms with van der Waals surface area (Å²) in [4.78, 5) is 22.2. The topological polar surface area (TPSA) is 81.1 Å². The number of likely N-dealkylation sites (N-methyl/N-ethyl adjacent to an activating group) is 1. The highest BCUT2D eigenvalue weighted by atomic mass is 31.2. The molecular formula is C12H18FN2O4P. The number of benzene rings is 1.